The van der Waals surface area contributed by atoms with E-state index >= 15 is 0 Å². The highest BCUT2D eigenvalue weighted by atomic mass is 14.9. The highest BCUT2D eigenvalue weighted by Crippen LogP contribution is 2.12. The van der Waals surface area contributed by atoms with Gasteiger partial charge in [0, 0.05) is 36.6 Å². The third-order valence-electron chi connectivity index (χ3n) is 1.46. The first-order valence-electron chi connectivity index (χ1n) is 3.35. The average Bonchev–Trinajstić information content (AvgIpc) is 2.28. The molecule has 3 nitrogen and oxygen atoms in total. The molecule has 0 amide bonds. The van der Waals surface area contributed by atoms with Crippen LogP contribution >= 0.6 is 0 Å². The predicted molar refractivity (Wildman–Crippen MR) is 44.6 cm³/mol. The molecule has 1 aliphatic rings. The maximum absolute atomic E-state index is 4.00. The third kappa shape index (κ3) is 1.12. The Kier molecular flexibility index (Phi) is 1.41. The minimum absolute atomic E-state index is 1.01. The number of nitrogens with zero attached hydrogens (tertiary/aromatic N) is 2. The van der Waals surface area contributed by atoms with Gasteiger partial charge in [-0.15, -0.1) is 0 Å². The zero-order valence-corrected chi connectivity index (χ0v) is 5.86. The summed E-state index contributed by atoms with van der Waals surface area (Å²) >= 11 is 0. The number of hydrogen-bond acceptors (Lipinski definition) is 3. The monoisotopic (exact) mass is 145 g/mol. The van der Waals surface area contributed by atoms with E-state index in [0.29, 0.717) is 0 Å². The van der Waals surface area contributed by atoms with Gasteiger partial charge in [0.2, 0.25) is 0 Å². The average molecular weight is 145 g/mol. The first-order valence-corrected chi connectivity index (χ1v) is 3.35. The smallest absolute Gasteiger partial charge is 0.0500 e. The molecule has 2 heterocycles. The molecule has 1 N–H and O–H groups in total. The SMILES string of the molecule is C1=CNc2ccncc2C=N1. The maximum atomic E-state index is 4.00. The van der Waals surface area contributed by atoms with E-state index in [0.717, 1.165) is 11.3 Å². The van der Waals surface area contributed by atoms with Crippen molar-refractivity contribution < 1.29 is 0 Å². The van der Waals surface area contributed by atoms with Gasteiger partial charge in [-0.25, -0.2) is 0 Å². The van der Waals surface area contributed by atoms with Crippen molar-refractivity contribution in [2.45, 2.75) is 0 Å². The quantitative estimate of drug-likeness (QED) is 0.599. The van der Waals surface area contributed by atoms with Crippen LogP contribution in [0, 0.1) is 0 Å². The van der Waals surface area contributed by atoms with E-state index in [9.17, 15) is 0 Å². The largest absolute Gasteiger partial charge is 0.360 e. The number of fused-ring (bicyclic) bond motifs is 1. The Labute approximate surface area is 64.5 Å². The van der Waals surface area contributed by atoms with Crippen LogP contribution in [-0.2, 0) is 0 Å². The summed E-state index contributed by atoms with van der Waals surface area (Å²) in [6, 6.07) is 1.91. The molecule has 3 heteroatoms. The highest BCUT2D eigenvalue weighted by Gasteiger charge is 1.97. The lowest BCUT2D eigenvalue weighted by Crippen LogP contribution is -1.91. The number of pyridine rings is 1. The number of rotatable bonds is 0. The van der Waals surface area contributed by atoms with Crippen molar-refractivity contribution >= 4 is 11.9 Å². The van der Waals surface area contributed by atoms with Crippen molar-refractivity contribution in [3.63, 3.8) is 0 Å². The standard InChI is InChI=1S/C8H7N3/c1-2-9-5-7-6-10-3-4-11-8(1)7/h1-6,11H. The second-order valence-electron chi connectivity index (χ2n) is 2.20. The fraction of sp³-hybridized carbons (Fsp3) is 0. The molecule has 0 radical (unpaired) electrons. The number of nitrogens with one attached hydrogen (secondary N) is 1. The number of hydrogen-bond donors (Lipinski definition) is 1. The molecular weight excluding hydrogens is 138 g/mol. The van der Waals surface area contributed by atoms with Crippen molar-refractivity contribution in [1.82, 2.24) is 4.98 Å². The lowest BCUT2D eigenvalue weighted by atomic mass is 10.2. The first-order chi connectivity index (χ1) is 5.47. The molecular formula is C8H7N3. The van der Waals surface area contributed by atoms with Crippen molar-refractivity contribution in [3.05, 3.63) is 36.4 Å². The first kappa shape index (κ1) is 6.09. The second-order valence-corrected chi connectivity index (χ2v) is 2.20. The zero-order chi connectivity index (χ0) is 7.52. The van der Waals surface area contributed by atoms with Crippen molar-refractivity contribution in [2.75, 3.05) is 5.32 Å². The van der Waals surface area contributed by atoms with Crippen LogP contribution in [0.2, 0.25) is 0 Å². The Morgan fingerprint density at radius 2 is 2.36 bits per heavy atom. The summed E-state index contributed by atoms with van der Waals surface area (Å²) in [4.78, 5) is 7.98. The van der Waals surface area contributed by atoms with Gasteiger partial charge in [-0.05, 0) is 6.07 Å². The number of aromatic nitrogens is 1. The summed E-state index contributed by atoms with van der Waals surface area (Å²) in [6.45, 7) is 0. The summed E-state index contributed by atoms with van der Waals surface area (Å²) in [5.41, 5.74) is 2.05. The van der Waals surface area contributed by atoms with E-state index in [1.807, 2.05) is 6.07 Å². The molecule has 2 rings (SSSR count). The van der Waals surface area contributed by atoms with Gasteiger partial charge in [0.15, 0.2) is 0 Å². The molecule has 0 atom stereocenters. The lowest BCUT2D eigenvalue weighted by molar-refractivity contribution is 1.32. The van der Waals surface area contributed by atoms with Crippen LogP contribution in [0.3, 0.4) is 0 Å². The van der Waals surface area contributed by atoms with Gasteiger partial charge in [0.1, 0.15) is 0 Å². The number of aliphatic imine (C=N–C) groups is 1. The summed E-state index contributed by atoms with van der Waals surface area (Å²) in [5.74, 6) is 0. The fourth-order valence-corrected chi connectivity index (χ4v) is 0.934. The van der Waals surface area contributed by atoms with E-state index in [4.69, 9.17) is 0 Å². The van der Waals surface area contributed by atoms with Gasteiger partial charge in [-0.1, -0.05) is 0 Å². The minimum Gasteiger partial charge on any atom is -0.360 e. The van der Waals surface area contributed by atoms with Crippen LogP contribution in [0.1, 0.15) is 5.56 Å². The van der Waals surface area contributed by atoms with Gasteiger partial charge in [-0.2, -0.15) is 0 Å². The van der Waals surface area contributed by atoms with E-state index in [1.165, 1.54) is 0 Å². The van der Waals surface area contributed by atoms with E-state index in [1.54, 1.807) is 31.0 Å². The molecule has 54 valence electrons. The normalized spacial score (nSPS) is 13.5. The van der Waals surface area contributed by atoms with Crippen molar-refractivity contribution in [1.29, 1.82) is 0 Å². The van der Waals surface area contributed by atoms with E-state index < -0.39 is 0 Å². The van der Waals surface area contributed by atoms with Gasteiger partial charge >= 0.3 is 0 Å². The fourth-order valence-electron chi connectivity index (χ4n) is 0.934. The molecule has 1 aromatic rings. The third-order valence-corrected chi connectivity index (χ3v) is 1.46. The molecule has 1 aromatic heterocycles. The maximum Gasteiger partial charge on any atom is 0.0500 e. The molecule has 0 aromatic carbocycles. The van der Waals surface area contributed by atoms with E-state index in [2.05, 4.69) is 15.3 Å². The van der Waals surface area contributed by atoms with Gasteiger partial charge in [0.05, 0.1) is 5.69 Å². The van der Waals surface area contributed by atoms with Crippen LogP contribution in [0.4, 0.5) is 5.69 Å². The predicted octanol–water partition coefficient (Wildman–Crippen LogP) is 1.40. The van der Waals surface area contributed by atoms with Gasteiger partial charge in [0.25, 0.3) is 0 Å². The molecule has 11 heavy (non-hydrogen) atoms. The number of anilines is 1. The van der Waals surface area contributed by atoms with Crippen LogP contribution in [0.5, 0.6) is 0 Å². The summed E-state index contributed by atoms with van der Waals surface area (Å²) < 4.78 is 0. The van der Waals surface area contributed by atoms with Crippen LogP contribution in [0.25, 0.3) is 0 Å². The Morgan fingerprint density at radius 3 is 3.36 bits per heavy atom. The lowest BCUT2D eigenvalue weighted by Gasteiger charge is -2.00. The topological polar surface area (TPSA) is 37.3 Å². The van der Waals surface area contributed by atoms with Gasteiger partial charge in [-0.3, -0.25) is 9.98 Å². The Balaban J connectivity index is 2.52. The van der Waals surface area contributed by atoms with Crippen LogP contribution in [-0.4, -0.2) is 11.2 Å². The molecule has 0 saturated heterocycles. The molecule has 0 fully saturated rings. The summed E-state index contributed by atoms with van der Waals surface area (Å²) in [6.07, 6.45) is 8.80. The van der Waals surface area contributed by atoms with Crippen molar-refractivity contribution in [2.24, 2.45) is 4.99 Å². The molecule has 0 saturated carbocycles. The molecule has 1 aliphatic heterocycles. The Bertz CT molecular complexity index is 315. The second kappa shape index (κ2) is 2.54. The van der Waals surface area contributed by atoms with E-state index in [-0.39, 0.29) is 0 Å². The Hall–Kier alpha value is -1.64. The summed E-state index contributed by atoms with van der Waals surface area (Å²) in [5, 5.41) is 3.08. The molecule has 0 unspecified atom stereocenters. The zero-order valence-electron chi connectivity index (χ0n) is 5.86. The minimum atomic E-state index is 1.01. The molecule has 0 bridgehead atoms. The summed E-state index contributed by atoms with van der Waals surface area (Å²) in [7, 11) is 0. The van der Waals surface area contributed by atoms with Gasteiger partial charge < -0.3 is 5.32 Å². The molecule has 0 aliphatic carbocycles. The van der Waals surface area contributed by atoms with Crippen molar-refractivity contribution in [3.8, 4) is 0 Å². The van der Waals surface area contributed by atoms with Crippen LogP contribution < -0.4 is 5.32 Å². The van der Waals surface area contributed by atoms with Crippen LogP contribution in [0.15, 0.2) is 35.9 Å². The Morgan fingerprint density at radius 1 is 1.36 bits per heavy atom. The molecule has 0 spiro atoms. The highest BCUT2D eigenvalue weighted by molar-refractivity contribution is 5.88.